The molecule has 0 aliphatic rings. The summed E-state index contributed by atoms with van der Waals surface area (Å²) >= 11 is 3.52. The van der Waals surface area contributed by atoms with E-state index in [0.717, 1.165) is 21.9 Å². The predicted molar refractivity (Wildman–Crippen MR) is 61.1 cm³/mol. The van der Waals surface area contributed by atoms with E-state index < -0.39 is 0 Å². The number of H-pyrrole nitrogens is 1. The fraction of sp³-hybridized carbons (Fsp3) is 0.300. The van der Waals surface area contributed by atoms with Crippen LogP contribution in [0.2, 0.25) is 0 Å². The average Bonchev–Trinajstić information content (AvgIpc) is 2.51. The molecule has 4 heteroatoms. The third-order valence-electron chi connectivity index (χ3n) is 2.13. The van der Waals surface area contributed by atoms with Crippen LogP contribution in [0.25, 0.3) is 11.0 Å². The van der Waals surface area contributed by atoms with Crippen LogP contribution in [-0.2, 0) is 6.42 Å². The van der Waals surface area contributed by atoms with Gasteiger partial charge >= 0.3 is 0 Å². The Morgan fingerprint density at radius 3 is 3.07 bits per heavy atom. The Morgan fingerprint density at radius 2 is 2.36 bits per heavy atom. The molecule has 3 nitrogen and oxygen atoms in total. The van der Waals surface area contributed by atoms with Crippen LogP contribution in [0.1, 0.15) is 12.5 Å². The van der Waals surface area contributed by atoms with E-state index in [4.69, 9.17) is 5.73 Å². The van der Waals surface area contributed by atoms with Crippen molar-refractivity contribution in [3.63, 3.8) is 0 Å². The second-order valence-corrected chi connectivity index (χ2v) is 4.40. The van der Waals surface area contributed by atoms with Crippen molar-refractivity contribution < 1.29 is 0 Å². The van der Waals surface area contributed by atoms with Gasteiger partial charge in [-0.05, 0) is 31.0 Å². The first-order valence-electron chi connectivity index (χ1n) is 4.54. The number of halogens is 1. The molecular weight excluding hydrogens is 242 g/mol. The summed E-state index contributed by atoms with van der Waals surface area (Å²) in [5.74, 6) is 0. The highest BCUT2D eigenvalue weighted by molar-refractivity contribution is 9.10. The van der Waals surface area contributed by atoms with Gasteiger partial charge in [-0.3, -0.25) is 0 Å². The fourth-order valence-electron chi connectivity index (χ4n) is 1.50. The van der Waals surface area contributed by atoms with Crippen molar-refractivity contribution in [3.05, 3.63) is 28.5 Å². The van der Waals surface area contributed by atoms with Crippen molar-refractivity contribution in [2.45, 2.75) is 19.4 Å². The van der Waals surface area contributed by atoms with Crippen molar-refractivity contribution in [2.24, 2.45) is 5.73 Å². The summed E-state index contributed by atoms with van der Waals surface area (Å²) in [6.45, 7) is 2.00. The molecule has 2 rings (SSSR count). The SMILES string of the molecule is CC(N)Cc1cc2[nH]cnc2cc1Br. The molecule has 1 aromatic carbocycles. The minimum atomic E-state index is 0.173. The summed E-state index contributed by atoms with van der Waals surface area (Å²) in [7, 11) is 0. The lowest BCUT2D eigenvalue weighted by Gasteiger charge is -2.07. The number of nitrogens with zero attached hydrogens (tertiary/aromatic N) is 1. The predicted octanol–water partition coefficient (Wildman–Crippen LogP) is 2.22. The highest BCUT2D eigenvalue weighted by Crippen LogP contribution is 2.23. The normalized spacial score (nSPS) is 13.4. The third-order valence-corrected chi connectivity index (χ3v) is 2.87. The second kappa shape index (κ2) is 3.71. The Bertz CT molecular complexity index is 448. The average molecular weight is 254 g/mol. The Labute approximate surface area is 90.8 Å². The number of nitrogens with one attached hydrogen (secondary N) is 1. The Balaban J connectivity index is 2.48. The molecule has 0 spiro atoms. The van der Waals surface area contributed by atoms with Crippen LogP contribution in [-0.4, -0.2) is 16.0 Å². The largest absolute Gasteiger partial charge is 0.345 e. The van der Waals surface area contributed by atoms with E-state index in [1.165, 1.54) is 5.56 Å². The van der Waals surface area contributed by atoms with E-state index in [-0.39, 0.29) is 6.04 Å². The Hall–Kier alpha value is -0.870. The zero-order valence-corrected chi connectivity index (χ0v) is 9.51. The zero-order chi connectivity index (χ0) is 10.1. The molecule has 0 saturated carbocycles. The van der Waals surface area contributed by atoms with Crippen LogP contribution >= 0.6 is 15.9 Å². The standard InChI is InChI=1S/C10H12BrN3/c1-6(12)2-7-3-9-10(4-8(7)11)14-5-13-9/h3-6H,2,12H2,1H3,(H,13,14). The topological polar surface area (TPSA) is 54.7 Å². The number of aromatic amines is 1. The molecule has 2 aromatic rings. The molecule has 0 radical (unpaired) electrons. The molecule has 14 heavy (non-hydrogen) atoms. The highest BCUT2D eigenvalue weighted by Gasteiger charge is 2.06. The minimum absolute atomic E-state index is 0.173. The lowest BCUT2D eigenvalue weighted by molar-refractivity contribution is 0.736. The lowest BCUT2D eigenvalue weighted by Crippen LogP contribution is -2.17. The van der Waals surface area contributed by atoms with E-state index in [2.05, 4.69) is 32.0 Å². The molecule has 1 heterocycles. The summed E-state index contributed by atoms with van der Waals surface area (Å²) in [5, 5.41) is 0. The molecule has 3 N–H and O–H groups in total. The Kier molecular flexibility index (Phi) is 2.56. The van der Waals surface area contributed by atoms with Crippen molar-refractivity contribution in [2.75, 3.05) is 0 Å². The van der Waals surface area contributed by atoms with Gasteiger partial charge in [-0.2, -0.15) is 0 Å². The van der Waals surface area contributed by atoms with E-state index in [0.29, 0.717) is 0 Å². The van der Waals surface area contributed by atoms with Gasteiger partial charge in [0.15, 0.2) is 0 Å². The lowest BCUT2D eigenvalue weighted by atomic mass is 10.1. The molecule has 0 aliphatic carbocycles. The summed E-state index contributed by atoms with van der Waals surface area (Å²) in [4.78, 5) is 7.27. The number of fused-ring (bicyclic) bond motifs is 1. The van der Waals surface area contributed by atoms with Crippen molar-refractivity contribution >= 4 is 27.0 Å². The van der Waals surface area contributed by atoms with Crippen molar-refractivity contribution in [1.29, 1.82) is 0 Å². The van der Waals surface area contributed by atoms with Crippen LogP contribution in [0.3, 0.4) is 0 Å². The summed E-state index contributed by atoms with van der Waals surface area (Å²) in [6, 6.07) is 4.28. The number of rotatable bonds is 2. The molecule has 0 aliphatic heterocycles. The zero-order valence-electron chi connectivity index (χ0n) is 7.92. The summed E-state index contributed by atoms with van der Waals surface area (Å²) in [6.07, 6.45) is 2.57. The van der Waals surface area contributed by atoms with E-state index in [9.17, 15) is 0 Å². The van der Waals surface area contributed by atoms with Gasteiger partial charge in [-0.1, -0.05) is 15.9 Å². The second-order valence-electron chi connectivity index (χ2n) is 3.54. The molecule has 1 atom stereocenters. The van der Waals surface area contributed by atoms with E-state index in [1.54, 1.807) is 6.33 Å². The minimum Gasteiger partial charge on any atom is -0.345 e. The van der Waals surface area contributed by atoms with Gasteiger partial charge in [0.1, 0.15) is 0 Å². The number of benzene rings is 1. The summed E-state index contributed by atoms with van der Waals surface area (Å²) in [5.41, 5.74) is 9.02. The van der Waals surface area contributed by atoms with Crippen LogP contribution in [0.5, 0.6) is 0 Å². The number of hydrogen-bond donors (Lipinski definition) is 2. The molecule has 74 valence electrons. The van der Waals surface area contributed by atoms with Crippen LogP contribution in [0, 0.1) is 0 Å². The van der Waals surface area contributed by atoms with Crippen LogP contribution in [0.4, 0.5) is 0 Å². The number of imidazole rings is 1. The van der Waals surface area contributed by atoms with Crippen LogP contribution in [0.15, 0.2) is 22.9 Å². The van der Waals surface area contributed by atoms with Crippen molar-refractivity contribution in [3.8, 4) is 0 Å². The monoisotopic (exact) mass is 253 g/mol. The van der Waals surface area contributed by atoms with E-state index in [1.807, 2.05) is 13.0 Å². The maximum atomic E-state index is 5.77. The molecule has 0 fully saturated rings. The van der Waals surface area contributed by atoms with Gasteiger partial charge in [0.05, 0.1) is 17.4 Å². The molecule has 0 amide bonds. The van der Waals surface area contributed by atoms with Crippen LogP contribution < -0.4 is 5.73 Å². The van der Waals surface area contributed by atoms with Gasteiger partial charge in [-0.15, -0.1) is 0 Å². The maximum Gasteiger partial charge on any atom is 0.0931 e. The first-order valence-corrected chi connectivity index (χ1v) is 5.33. The van der Waals surface area contributed by atoms with Gasteiger partial charge in [0, 0.05) is 10.5 Å². The maximum absolute atomic E-state index is 5.77. The molecule has 1 aromatic heterocycles. The molecule has 1 unspecified atom stereocenters. The molecule has 0 bridgehead atoms. The summed E-state index contributed by atoms with van der Waals surface area (Å²) < 4.78 is 1.08. The van der Waals surface area contributed by atoms with Crippen molar-refractivity contribution in [1.82, 2.24) is 9.97 Å². The first-order chi connectivity index (χ1) is 6.66. The number of hydrogen-bond acceptors (Lipinski definition) is 2. The van der Waals surface area contributed by atoms with Gasteiger partial charge in [0.2, 0.25) is 0 Å². The van der Waals surface area contributed by atoms with Gasteiger partial charge in [-0.25, -0.2) is 4.98 Å². The number of nitrogens with two attached hydrogens (primary N) is 1. The quantitative estimate of drug-likeness (QED) is 0.863. The highest BCUT2D eigenvalue weighted by atomic mass is 79.9. The molecule has 0 saturated heterocycles. The first kappa shape index (κ1) is 9.68. The third kappa shape index (κ3) is 1.81. The van der Waals surface area contributed by atoms with Gasteiger partial charge < -0.3 is 10.7 Å². The molecular formula is C10H12BrN3. The number of aromatic nitrogens is 2. The Morgan fingerprint density at radius 1 is 1.57 bits per heavy atom. The fourth-order valence-corrected chi connectivity index (χ4v) is 2.00. The van der Waals surface area contributed by atoms with Gasteiger partial charge in [0.25, 0.3) is 0 Å². The smallest absolute Gasteiger partial charge is 0.0931 e. The van der Waals surface area contributed by atoms with E-state index >= 15 is 0 Å².